The molecule has 0 aliphatic carbocycles. The zero-order valence-corrected chi connectivity index (χ0v) is 24.6. The number of ether oxygens (including phenoxy) is 1. The van der Waals surface area contributed by atoms with Gasteiger partial charge in [0.05, 0.1) is 38.5 Å². The van der Waals surface area contributed by atoms with E-state index in [2.05, 4.69) is 36.8 Å². The number of allylic oxidation sites excluding steroid dienone is 1. The van der Waals surface area contributed by atoms with Gasteiger partial charge in [-0.05, 0) is 54.1 Å². The van der Waals surface area contributed by atoms with Crippen LogP contribution in [-0.2, 0) is 11.2 Å². The van der Waals surface area contributed by atoms with E-state index < -0.39 is 17.0 Å². The van der Waals surface area contributed by atoms with Crippen LogP contribution in [0.1, 0.15) is 30.5 Å². The third-order valence-electron chi connectivity index (χ3n) is 6.98. The number of hydrogen-bond donors (Lipinski definition) is 1. The number of benzene rings is 3. The molecular formula is C31H32ClF3N3OS+. The van der Waals surface area contributed by atoms with E-state index in [1.165, 1.54) is 36.0 Å². The fourth-order valence-electron chi connectivity index (χ4n) is 4.78. The normalized spacial score (nSPS) is 16.4. The Bertz CT molecular complexity index is 1470. The van der Waals surface area contributed by atoms with E-state index in [1.807, 2.05) is 26.2 Å². The molecule has 1 aliphatic heterocycles. The molecule has 2 N–H and O–H groups in total. The second-order valence-electron chi connectivity index (χ2n) is 10.5. The van der Waals surface area contributed by atoms with Gasteiger partial charge >= 0.3 is 0 Å². The zero-order valence-electron chi connectivity index (χ0n) is 23.1. The van der Waals surface area contributed by atoms with E-state index in [9.17, 15) is 4.39 Å². The van der Waals surface area contributed by atoms with Gasteiger partial charge in [0.25, 0.3) is 0 Å². The predicted molar refractivity (Wildman–Crippen MR) is 157 cm³/mol. The van der Waals surface area contributed by atoms with E-state index in [4.69, 9.17) is 22.1 Å². The van der Waals surface area contributed by atoms with Crippen LogP contribution in [0.3, 0.4) is 0 Å². The summed E-state index contributed by atoms with van der Waals surface area (Å²) in [6.45, 7) is 4.28. The average molecular weight is 587 g/mol. The van der Waals surface area contributed by atoms with Crippen molar-refractivity contribution in [1.29, 1.82) is 0 Å². The van der Waals surface area contributed by atoms with E-state index in [0.717, 1.165) is 16.9 Å². The Balaban J connectivity index is 1.75. The number of rotatable bonds is 7. The molecule has 0 saturated heterocycles. The van der Waals surface area contributed by atoms with E-state index in [-0.39, 0.29) is 34.7 Å². The molecule has 0 fully saturated rings. The topological polar surface area (TPSA) is 38.5 Å². The molecule has 9 heteroatoms. The van der Waals surface area contributed by atoms with Crippen molar-refractivity contribution in [1.82, 2.24) is 0 Å². The molecule has 0 spiro atoms. The number of anilines is 1. The summed E-state index contributed by atoms with van der Waals surface area (Å²) in [7, 11) is 5.62. The molecule has 4 nitrogen and oxygen atoms in total. The standard InChI is InChI=1S/C31H32ClF3N3OS/c1-31(2,21-8-13-25(32)28(17-21)39-5)29-18-38(3,4)30(37(29)23-11-9-22(33)10-12-23)40-19-24-26(34)15-20(7-6-14-36)16-27(24)35/h8-13,15-18,30H,14,19,36H2,1-5H3/q+1. The van der Waals surface area contributed by atoms with Crippen molar-refractivity contribution in [2.75, 3.05) is 32.6 Å². The maximum absolute atomic E-state index is 15.0. The van der Waals surface area contributed by atoms with Gasteiger partial charge in [-0.25, -0.2) is 13.2 Å². The molecule has 0 aromatic heterocycles. The molecule has 0 saturated carbocycles. The second kappa shape index (κ2) is 11.8. The molecule has 40 heavy (non-hydrogen) atoms. The quantitative estimate of drug-likeness (QED) is 0.239. The summed E-state index contributed by atoms with van der Waals surface area (Å²) in [6.07, 6.45) is 2.13. The Hall–Kier alpha value is -3.09. The lowest BCUT2D eigenvalue weighted by atomic mass is 9.81. The second-order valence-corrected chi connectivity index (χ2v) is 12.0. The maximum Gasteiger partial charge on any atom is 0.221 e. The van der Waals surface area contributed by atoms with Crippen LogP contribution < -0.4 is 15.4 Å². The van der Waals surface area contributed by atoms with Gasteiger partial charge in [0.15, 0.2) is 0 Å². The zero-order chi connectivity index (χ0) is 29.2. The molecule has 0 radical (unpaired) electrons. The van der Waals surface area contributed by atoms with Crippen LogP contribution in [0.15, 0.2) is 66.5 Å². The summed E-state index contributed by atoms with van der Waals surface area (Å²) in [6, 6.07) is 14.4. The number of nitrogens with zero attached hydrogens (tertiary/aromatic N) is 2. The van der Waals surface area contributed by atoms with Gasteiger partial charge in [0, 0.05) is 28.0 Å². The summed E-state index contributed by atoms with van der Waals surface area (Å²) in [5.41, 5.74) is 7.40. The fraction of sp³-hybridized carbons (Fsp3) is 0.290. The molecule has 0 bridgehead atoms. The first-order valence-corrected chi connectivity index (χ1v) is 14.1. The van der Waals surface area contributed by atoms with Gasteiger partial charge < -0.3 is 10.5 Å². The monoisotopic (exact) mass is 586 g/mol. The summed E-state index contributed by atoms with van der Waals surface area (Å²) < 4.78 is 49.8. The average Bonchev–Trinajstić information content (AvgIpc) is 3.18. The molecule has 210 valence electrons. The highest BCUT2D eigenvalue weighted by atomic mass is 35.5. The molecule has 1 atom stereocenters. The Morgan fingerprint density at radius 1 is 1.05 bits per heavy atom. The number of hydrogen-bond acceptors (Lipinski definition) is 4. The minimum absolute atomic E-state index is 0.0301. The van der Waals surface area contributed by atoms with Crippen molar-refractivity contribution in [3.63, 3.8) is 0 Å². The first kappa shape index (κ1) is 29.9. The first-order chi connectivity index (χ1) is 18.9. The van der Waals surface area contributed by atoms with Crippen LogP contribution in [0.25, 0.3) is 0 Å². The van der Waals surface area contributed by atoms with Crippen LogP contribution >= 0.6 is 23.4 Å². The molecule has 3 aromatic carbocycles. The van der Waals surface area contributed by atoms with Gasteiger partial charge in [-0.15, -0.1) is 0 Å². The molecule has 1 aliphatic rings. The van der Waals surface area contributed by atoms with Gasteiger partial charge in [-0.2, -0.15) is 0 Å². The van der Waals surface area contributed by atoms with Crippen LogP contribution in [0.5, 0.6) is 5.75 Å². The number of methoxy groups -OCH3 is 1. The lowest BCUT2D eigenvalue weighted by Gasteiger charge is -2.38. The minimum atomic E-state index is -0.660. The SMILES string of the molecule is COc1cc(C(C)(C)C2=C[N+](C)(C)C(SCc3c(F)cc(C#CCN)cc3F)N2c2ccc(F)cc2)ccc1Cl. The first-order valence-electron chi connectivity index (χ1n) is 12.6. The van der Waals surface area contributed by atoms with Gasteiger partial charge in [0.1, 0.15) is 29.4 Å². The minimum Gasteiger partial charge on any atom is -0.495 e. The van der Waals surface area contributed by atoms with Crippen molar-refractivity contribution in [3.8, 4) is 17.6 Å². The third kappa shape index (κ3) is 5.98. The molecular weight excluding hydrogens is 555 g/mol. The van der Waals surface area contributed by atoms with Crippen LogP contribution in [-0.4, -0.2) is 37.7 Å². The lowest BCUT2D eigenvalue weighted by Crippen LogP contribution is -2.47. The Kier molecular flexibility index (Phi) is 8.81. The van der Waals surface area contributed by atoms with Gasteiger partial charge in [-0.1, -0.05) is 55.1 Å². The van der Waals surface area contributed by atoms with Crippen LogP contribution in [0.4, 0.5) is 18.9 Å². The van der Waals surface area contributed by atoms with Crippen molar-refractivity contribution < 1.29 is 22.4 Å². The molecule has 3 aromatic rings. The van der Waals surface area contributed by atoms with Crippen molar-refractivity contribution in [2.24, 2.45) is 5.73 Å². The van der Waals surface area contributed by atoms with Gasteiger partial charge in [0.2, 0.25) is 5.50 Å². The highest BCUT2D eigenvalue weighted by molar-refractivity contribution is 7.99. The lowest BCUT2D eigenvalue weighted by molar-refractivity contribution is -0.842. The molecule has 1 heterocycles. The summed E-state index contributed by atoms with van der Waals surface area (Å²) in [4.78, 5) is 2.11. The Morgan fingerprint density at radius 2 is 1.70 bits per heavy atom. The maximum atomic E-state index is 15.0. The van der Waals surface area contributed by atoms with E-state index in [0.29, 0.717) is 15.3 Å². The Morgan fingerprint density at radius 3 is 2.30 bits per heavy atom. The fourth-order valence-corrected chi connectivity index (χ4v) is 6.39. The highest BCUT2D eigenvalue weighted by Gasteiger charge is 2.48. The highest BCUT2D eigenvalue weighted by Crippen LogP contribution is 2.47. The van der Waals surface area contributed by atoms with Crippen molar-refractivity contribution in [3.05, 3.63) is 106 Å². The van der Waals surface area contributed by atoms with Crippen molar-refractivity contribution >= 4 is 29.1 Å². The summed E-state index contributed by atoms with van der Waals surface area (Å²) >= 11 is 7.71. The number of thioether (sulfide) groups is 1. The largest absolute Gasteiger partial charge is 0.495 e. The number of nitrogens with two attached hydrogens (primary N) is 1. The van der Waals surface area contributed by atoms with E-state index in [1.54, 1.807) is 25.3 Å². The van der Waals surface area contributed by atoms with E-state index >= 15 is 8.78 Å². The Labute approximate surface area is 243 Å². The smallest absolute Gasteiger partial charge is 0.221 e. The van der Waals surface area contributed by atoms with Gasteiger partial charge in [-0.3, -0.25) is 9.38 Å². The molecule has 4 rings (SSSR count). The summed E-state index contributed by atoms with van der Waals surface area (Å²) in [5, 5.41) is 0.506. The summed E-state index contributed by atoms with van der Waals surface area (Å²) in [5.74, 6) is 4.25. The number of halogens is 4. The number of quaternary nitrogens is 1. The molecule has 1 unspecified atom stereocenters. The third-order valence-corrected chi connectivity index (χ3v) is 8.80. The predicted octanol–water partition coefficient (Wildman–Crippen LogP) is 7.01. The van der Waals surface area contributed by atoms with Crippen molar-refractivity contribution in [2.45, 2.75) is 30.5 Å². The van der Waals surface area contributed by atoms with Crippen LogP contribution in [0, 0.1) is 29.3 Å². The molecule has 0 amide bonds. The van der Waals surface area contributed by atoms with Crippen LogP contribution in [0.2, 0.25) is 5.02 Å².